The molecule has 1 atom stereocenters. The third-order valence-corrected chi connectivity index (χ3v) is 2.69. The molecule has 16 heavy (non-hydrogen) atoms. The van der Waals surface area contributed by atoms with Crippen LogP contribution in [0.15, 0.2) is 36.5 Å². The van der Waals surface area contributed by atoms with Crippen molar-refractivity contribution in [3.8, 4) is 0 Å². The van der Waals surface area contributed by atoms with Crippen LogP contribution in [0.2, 0.25) is 0 Å². The standard InChI is InChI=1S/C11H8BrF2NO/c12-11(13,14)10(16)8-3-4-9-7(6-8)2-1-5-15-9/h1-6,10,16H. The fourth-order valence-electron chi connectivity index (χ4n) is 1.45. The number of rotatable bonds is 2. The average Bonchev–Trinajstić information content (AvgIpc) is 2.26. The van der Waals surface area contributed by atoms with E-state index in [-0.39, 0.29) is 5.56 Å². The van der Waals surface area contributed by atoms with Crippen molar-refractivity contribution in [1.29, 1.82) is 0 Å². The molecule has 1 unspecified atom stereocenters. The quantitative estimate of drug-likeness (QED) is 0.860. The molecule has 0 aliphatic rings. The summed E-state index contributed by atoms with van der Waals surface area (Å²) in [6.07, 6.45) is -0.241. The van der Waals surface area contributed by atoms with Crippen LogP contribution in [0.25, 0.3) is 10.9 Å². The molecule has 2 nitrogen and oxygen atoms in total. The second kappa shape index (κ2) is 4.07. The molecule has 1 heterocycles. The van der Waals surface area contributed by atoms with Gasteiger partial charge in [0.25, 0.3) is 0 Å². The number of aliphatic hydroxyl groups excluding tert-OH is 1. The highest BCUT2D eigenvalue weighted by Crippen LogP contribution is 2.37. The summed E-state index contributed by atoms with van der Waals surface area (Å²) in [6, 6.07) is 8.01. The van der Waals surface area contributed by atoms with E-state index in [2.05, 4.69) is 20.9 Å². The van der Waals surface area contributed by atoms with Crippen LogP contribution in [0, 0.1) is 0 Å². The number of alkyl halides is 3. The Balaban J connectivity index is 2.47. The number of benzene rings is 1. The Kier molecular flexibility index (Phi) is 2.90. The molecule has 0 radical (unpaired) electrons. The van der Waals surface area contributed by atoms with E-state index in [0.29, 0.717) is 5.52 Å². The molecule has 0 aliphatic carbocycles. The first-order valence-corrected chi connectivity index (χ1v) is 5.37. The van der Waals surface area contributed by atoms with E-state index in [1.807, 2.05) is 0 Å². The number of fused-ring (bicyclic) bond motifs is 1. The fourth-order valence-corrected chi connectivity index (χ4v) is 1.72. The Morgan fingerprint density at radius 2 is 2.06 bits per heavy atom. The van der Waals surface area contributed by atoms with Crippen LogP contribution in [0.1, 0.15) is 11.7 Å². The minimum Gasteiger partial charge on any atom is -0.381 e. The van der Waals surface area contributed by atoms with Crippen molar-refractivity contribution in [3.63, 3.8) is 0 Å². The van der Waals surface area contributed by atoms with Gasteiger partial charge in [-0.3, -0.25) is 4.98 Å². The van der Waals surface area contributed by atoms with Gasteiger partial charge in [-0.1, -0.05) is 12.1 Å². The summed E-state index contributed by atoms with van der Waals surface area (Å²) in [6.45, 7) is 0. The van der Waals surface area contributed by atoms with E-state index >= 15 is 0 Å². The van der Waals surface area contributed by atoms with Gasteiger partial charge in [0.15, 0.2) is 6.10 Å². The molecule has 1 aromatic heterocycles. The molecular formula is C11H8BrF2NO. The lowest BCUT2D eigenvalue weighted by Gasteiger charge is -2.16. The van der Waals surface area contributed by atoms with Gasteiger partial charge in [-0.05, 0) is 39.7 Å². The molecule has 2 rings (SSSR count). The predicted molar refractivity (Wildman–Crippen MR) is 60.6 cm³/mol. The van der Waals surface area contributed by atoms with Gasteiger partial charge in [-0.15, -0.1) is 0 Å². The van der Waals surface area contributed by atoms with Gasteiger partial charge < -0.3 is 5.11 Å². The summed E-state index contributed by atoms with van der Waals surface area (Å²) in [4.78, 5) is 0.733. The molecule has 0 spiro atoms. The van der Waals surface area contributed by atoms with Crippen LogP contribution in [0.3, 0.4) is 0 Å². The molecule has 0 fully saturated rings. The summed E-state index contributed by atoms with van der Waals surface area (Å²) in [5, 5.41) is 10.1. The summed E-state index contributed by atoms with van der Waals surface area (Å²) in [7, 11) is 0. The molecule has 0 saturated carbocycles. The molecule has 0 saturated heterocycles. The van der Waals surface area contributed by atoms with E-state index in [4.69, 9.17) is 0 Å². The summed E-state index contributed by atoms with van der Waals surface area (Å²) in [5.74, 6) is 0. The molecule has 1 N–H and O–H groups in total. The molecule has 0 aliphatic heterocycles. The summed E-state index contributed by atoms with van der Waals surface area (Å²) < 4.78 is 25.7. The summed E-state index contributed by atoms with van der Waals surface area (Å²) in [5.41, 5.74) is 0.860. The van der Waals surface area contributed by atoms with Crippen molar-refractivity contribution in [1.82, 2.24) is 4.98 Å². The Bertz CT molecular complexity index is 513. The molecule has 0 bridgehead atoms. The maximum Gasteiger partial charge on any atom is 0.330 e. The zero-order valence-electron chi connectivity index (χ0n) is 8.07. The number of hydrogen-bond donors (Lipinski definition) is 1. The van der Waals surface area contributed by atoms with Crippen molar-refractivity contribution in [2.75, 3.05) is 0 Å². The fraction of sp³-hybridized carbons (Fsp3) is 0.182. The van der Waals surface area contributed by atoms with Crippen molar-refractivity contribution in [3.05, 3.63) is 42.1 Å². The second-order valence-corrected chi connectivity index (χ2v) is 4.46. The maximum absolute atomic E-state index is 12.9. The number of aliphatic hydroxyl groups is 1. The molecule has 1 aromatic carbocycles. The first-order chi connectivity index (χ1) is 7.48. The van der Waals surface area contributed by atoms with Gasteiger partial charge in [0.2, 0.25) is 0 Å². The lowest BCUT2D eigenvalue weighted by Crippen LogP contribution is -2.18. The highest BCUT2D eigenvalue weighted by Gasteiger charge is 2.36. The van der Waals surface area contributed by atoms with E-state index in [1.165, 1.54) is 12.1 Å². The van der Waals surface area contributed by atoms with Crippen LogP contribution in [-0.4, -0.2) is 14.9 Å². The highest BCUT2D eigenvalue weighted by molar-refractivity contribution is 9.10. The lowest BCUT2D eigenvalue weighted by molar-refractivity contribution is -0.0293. The van der Waals surface area contributed by atoms with Crippen LogP contribution in [-0.2, 0) is 0 Å². The Labute approximate surface area is 99.1 Å². The SMILES string of the molecule is OC(c1ccc2ncccc2c1)C(F)(F)Br. The van der Waals surface area contributed by atoms with Crippen molar-refractivity contribution < 1.29 is 13.9 Å². The lowest BCUT2D eigenvalue weighted by atomic mass is 10.1. The van der Waals surface area contributed by atoms with Gasteiger partial charge in [-0.2, -0.15) is 8.78 Å². The van der Waals surface area contributed by atoms with Crippen molar-refractivity contribution in [2.45, 2.75) is 10.9 Å². The third kappa shape index (κ3) is 2.20. The van der Waals surface area contributed by atoms with Crippen molar-refractivity contribution in [2.24, 2.45) is 0 Å². The normalized spacial score (nSPS) is 14.0. The zero-order chi connectivity index (χ0) is 11.8. The van der Waals surface area contributed by atoms with Crippen LogP contribution >= 0.6 is 15.9 Å². The molecule has 5 heteroatoms. The number of aromatic nitrogens is 1. The van der Waals surface area contributed by atoms with Gasteiger partial charge >= 0.3 is 4.83 Å². The molecular weight excluding hydrogens is 280 g/mol. The third-order valence-electron chi connectivity index (χ3n) is 2.25. The van der Waals surface area contributed by atoms with E-state index < -0.39 is 10.9 Å². The van der Waals surface area contributed by atoms with E-state index in [0.717, 1.165) is 5.39 Å². The minimum atomic E-state index is -3.33. The monoisotopic (exact) mass is 287 g/mol. The largest absolute Gasteiger partial charge is 0.381 e. The van der Waals surface area contributed by atoms with Crippen LogP contribution in [0.5, 0.6) is 0 Å². The molecule has 84 valence electrons. The maximum atomic E-state index is 12.9. The predicted octanol–water partition coefficient (Wildman–Crippen LogP) is 3.26. The number of hydrogen-bond acceptors (Lipinski definition) is 2. The number of nitrogens with zero attached hydrogens (tertiary/aromatic N) is 1. The number of halogens is 3. The molecule has 2 aromatic rings. The van der Waals surface area contributed by atoms with Gasteiger partial charge in [0.05, 0.1) is 5.52 Å². The van der Waals surface area contributed by atoms with Gasteiger partial charge in [0.1, 0.15) is 0 Å². The molecule has 0 amide bonds. The van der Waals surface area contributed by atoms with Crippen molar-refractivity contribution >= 4 is 26.8 Å². The number of pyridine rings is 1. The smallest absolute Gasteiger partial charge is 0.330 e. The minimum absolute atomic E-state index is 0.155. The first-order valence-electron chi connectivity index (χ1n) is 4.58. The van der Waals surface area contributed by atoms with Crippen LogP contribution < -0.4 is 0 Å². The topological polar surface area (TPSA) is 33.1 Å². The van der Waals surface area contributed by atoms with Gasteiger partial charge in [-0.25, -0.2) is 0 Å². The van der Waals surface area contributed by atoms with Crippen LogP contribution in [0.4, 0.5) is 8.78 Å². The average molecular weight is 288 g/mol. The Morgan fingerprint density at radius 3 is 2.75 bits per heavy atom. The Hall–Kier alpha value is -1.07. The highest BCUT2D eigenvalue weighted by atomic mass is 79.9. The van der Waals surface area contributed by atoms with Gasteiger partial charge in [0, 0.05) is 11.6 Å². The zero-order valence-corrected chi connectivity index (χ0v) is 9.66. The second-order valence-electron chi connectivity index (χ2n) is 3.40. The van der Waals surface area contributed by atoms with E-state index in [9.17, 15) is 13.9 Å². The first kappa shape index (κ1) is 11.4. The summed E-state index contributed by atoms with van der Waals surface area (Å²) >= 11 is 2.15. The van der Waals surface area contributed by atoms with E-state index in [1.54, 1.807) is 24.4 Å². The Morgan fingerprint density at radius 1 is 1.31 bits per heavy atom.